The smallest absolute Gasteiger partial charge is 0.0622 e. The molecule has 0 fully saturated rings. The molecule has 3 aromatic carbocycles. The van der Waals surface area contributed by atoms with Crippen LogP contribution in [0.25, 0.3) is 0 Å². The van der Waals surface area contributed by atoms with Gasteiger partial charge in [-0.05, 0) is 29.2 Å². The lowest BCUT2D eigenvalue weighted by molar-refractivity contribution is 0.867. The predicted octanol–water partition coefficient (Wildman–Crippen LogP) is 4.46. The lowest BCUT2D eigenvalue weighted by Gasteiger charge is -2.34. The molecule has 0 amide bonds. The second-order valence-electron chi connectivity index (χ2n) is 5.35. The molecule has 0 heterocycles. The number of rotatable bonds is 3. The van der Waals surface area contributed by atoms with Crippen molar-refractivity contribution in [3.8, 4) is 0 Å². The molecule has 0 nitrogen and oxygen atoms in total. The van der Waals surface area contributed by atoms with E-state index in [1.54, 1.807) is 0 Å². The number of aryl methyl sites for hydroxylation is 1. The minimum atomic E-state index is -0.631. The fraction of sp³-hybridized carbons (Fsp3) is 0.100. The van der Waals surface area contributed by atoms with E-state index in [0.29, 0.717) is 0 Å². The molecule has 0 aliphatic rings. The summed E-state index contributed by atoms with van der Waals surface area (Å²) >= 11 is 0. The second-order valence-corrected chi connectivity index (χ2v) is 5.35. The highest BCUT2D eigenvalue weighted by atomic mass is 14.3. The first-order valence-corrected chi connectivity index (χ1v) is 7.19. The lowest BCUT2D eigenvalue weighted by Crippen LogP contribution is -2.30. The van der Waals surface area contributed by atoms with Crippen LogP contribution in [0.5, 0.6) is 0 Å². The van der Waals surface area contributed by atoms with Gasteiger partial charge >= 0.3 is 0 Å². The van der Waals surface area contributed by atoms with Crippen LogP contribution >= 0.6 is 0 Å². The van der Waals surface area contributed by atoms with E-state index in [0.717, 1.165) is 16.7 Å². The summed E-state index contributed by atoms with van der Waals surface area (Å²) in [6.07, 6.45) is 0. The van der Waals surface area contributed by atoms with Crippen LogP contribution in [0.4, 0.5) is 0 Å². The predicted molar refractivity (Wildman–Crippen MR) is 89.7 cm³/mol. The van der Waals surface area contributed by atoms with E-state index in [1.165, 1.54) is 5.56 Å². The van der Waals surface area contributed by atoms with E-state index >= 15 is 0 Å². The van der Waals surface area contributed by atoms with Crippen molar-refractivity contribution >= 4 is 7.85 Å². The van der Waals surface area contributed by atoms with Crippen molar-refractivity contribution in [1.82, 2.24) is 0 Å². The Balaban J connectivity index is 2.29. The van der Waals surface area contributed by atoms with Crippen LogP contribution in [0.15, 0.2) is 84.9 Å². The maximum Gasteiger partial charge on any atom is 0.0940 e. The maximum absolute atomic E-state index is 6.96. The monoisotopic (exact) mass is 268 g/mol. The van der Waals surface area contributed by atoms with Crippen LogP contribution in [0.1, 0.15) is 22.3 Å². The summed E-state index contributed by atoms with van der Waals surface area (Å²) in [5.41, 5.74) is 4.55. The zero-order valence-corrected chi connectivity index (χ0v) is 12.2. The second kappa shape index (κ2) is 5.61. The molecule has 3 aromatic rings. The van der Waals surface area contributed by atoms with Crippen molar-refractivity contribution < 1.29 is 0 Å². The molecule has 21 heavy (non-hydrogen) atoms. The van der Waals surface area contributed by atoms with Crippen molar-refractivity contribution in [2.45, 2.75) is 12.2 Å². The fourth-order valence-corrected chi connectivity index (χ4v) is 2.90. The average molecular weight is 268 g/mol. The van der Waals surface area contributed by atoms with Crippen molar-refractivity contribution in [1.29, 1.82) is 0 Å². The molecule has 3 rings (SSSR count). The van der Waals surface area contributed by atoms with E-state index in [4.69, 9.17) is 7.85 Å². The van der Waals surface area contributed by atoms with Crippen LogP contribution < -0.4 is 0 Å². The third-order valence-electron chi connectivity index (χ3n) is 4.03. The minimum absolute atomic E-state index is 0.631. The lowest BCUT2D eigenvalue weighted by atomic mass is 9.55. The molecule has 0 unspecified atom stereocenters. The zero-order chi connectivity index (χ0) is 14.7. The fourth-order valence-electron chi connectivity index (χ4n) is 2.90. The zero-order valence-electron chi connectivity index (χ0n) is 12.2. The summed E-state index contributed by atoms with van der Waals surface area (Å²) < 4.78 is 0. The Morgan fingerprint density at radius 1 is 0.619 bits per heavy atom. The van der Waals surface area contributed by atoms with E-state index in [2.05, 4.69) is 55.5 Å². The molecule has 100 valence electrons. The highest BCUT2D eigenvalue weighted by Gasteiger charge is 2.31. The van der Waals surface area contributed by atoms with Gasteiger partial charge in [0.1, 0.15) is 0 Å². The van der Waals surface area contributed by atoms with Gasteiger partial charge in [0.2, 0.25) is 0 Å². The Morgan fingerprint density at radius 2 is 1.05 bits per heavy atom. The first kappa shape index (κ1) is 13.7. The molecule has 0 aliphatic heterocycles. The van der Waals surface area contributed by atoms with Crippen molar-refractivity contribution in [2.75, 3.05) is 0 Å². The SMILES string of the molecule is [B]C(c1ccccc1)(c1ccccc1)c1ccccc1C. The normalized spacial score (nSPS) is 11.3. The van der Waals surface area contributed by atoms with Gasteiger partial charge < -0.3 is 0 Å². The van der Waals surface area contributed by atoms with Gasteiger partial charge in [0.05, 0.1) is 7.85 Å². The highest BCUT2D eigenvalue weighted by Crippen LogP contribution is 2.37. The molecule has 0 aliphatic carbocycles. The van der Waals surface area contributed by atoms with Gasteiger partial charge in [0, 0.05) is 5.31 Å². The molecule has 0 saturated carbocycles. The van der Waals surface area contributed by atoms with Crippen molar-refractivity contribution in [3.05, 3.63) is 107 Å². The maximum atomic E-state index is 6.96. The summed E-state index contributed by atoms with van der Waals surface area (Å²) in [6, 6.07) is 28.9. The highest BCUT2D eigenvalue weighted by molar-refractivity contribution is 6.20. The Hall–Kier alpha value is -2.28. The molecule has 0 saturated heterocycles. The molecule has 0 spiro atoms. The number of hydrogen-bond acceptors (Lipinski definition) is 0. The average Bonchev–Trinajstić information content (AvgIpc) is 2.56. The standard InChI is InChI=1S/C20H17B/c1-16-10-8-9-15-19(16)20(21,17-11-4-2-5-12-17)18-13-6-3-7-14-18/h2-15H,1H3. The number of hydrogen-bond donors (Lipinski definition) is 0. The molecule has 2 radical (unpaired) electrons. The summed E-state index contributed by atoms with van der Waals surface area (Å²) in [4.78, 5) is 0. The Morgan fingerprint density at radius 3 is 1.52 bits per heavy atom. The molecule has 0 bridgehead atoms. The van der Waals surface area contributed by atoms with Gasteiger partial charge in [-0.2, -0.15) is 0 Å². The molecule has 0 aromatic heterocycles. The van der Waals surface area contributed by atoms with Gasteiger partial charge in [-0.15, -0.1) is 0 Å². The molecule has 0 N–H and O–H groups in total. The Bertz CT molecular complexity index is 678. The Labute approximate surface area is 127 Å². The van der Waals surface area contributed by atoms with Crippen LogP contribution in [0.3, 0.4) is 0 Å². The third-order valence-corrected chi connectivity index (χ3v) is 4.03. The van der Waals surface area contributed by atoms with E-state index in [-0.39, 0.29) is 0 Å². The van der Waals surface area contributed by atoms with Gasteiger partial charge in [-0.1, -0.05) is 84.9 Å². The molecular formula is C20H17B. The summed E-state index contributed by atoms with van der Waals surface area (Å²) in [5.74, 6) is 0. The molecule has 1 heteroatoms. The summed E-state index contributed by atoms with van der Waals surface area (Å²) in [6.45, 7) is 2.11. The summed E-state index contributed by atoms with van der Waals surface area (Å²) in [5, 5.41) is -0.631. The van der Waals surface area contributed by atoms with E-state index in [9.17, 15) is 0 Å². The van der Waals surface area contributed by atoms with Crippen LogP contribution in [0.2, 0.25) is 0 Å². The largest absolute Gasteiger partial charge is 0.0940 e. The summed E-state index contributed by atoms with van der Waals surface area (Å²) in [7, 11) is 6.96. The first-order chi connectivity index (χ1) is 10.2. The quantitative estimate of drug-likeness (QED) is 0.486. The van der Waals surface area contributed by atoms with Crippen LogP contribution in [0, 0.1) is 6.92 Å². The topological polar surface area (TPSA) is 0 Å². The molecule has 0 atom stereocenters. The van der Waals surface area contributed by atoms with E-state index < -0.39 is 5.31 Å². The number of benzene rings is 3. The third kappa shape index (κ3) is 2.40. The van der Waals surface area contributed by atoms with Gasteiger partial charge in [-0.3, -0.25) is 0 Å². The van der Waals surface area contributed by atoms with Crippen LogP contribution in [-0.2, 0) is 5.31 Å². The molecular weight excluding hydrogens is 251 g/mol. The van der Waals surface area contributed by atoms with E-state index in [1.807, 2.05) is 36.4 Å². The van der Waals surface area contributed by atoms with Crippen LogP contribution in [-0.4, -0.2) is 7.85 Å². The Kier molecular flexibility index (Phi) is 3.66. The van der Waals surface area contributed by atoms with Gasteiger partial charge in [0.15, 0.2) is 0 Å². The van der Waals surface area contributed by atoms with Gasteiger partial charge in [-0.25, -0.2) is 0 Å². The minimum Gasteiger partial charge on any atom is -0.0622 e. The first-order valence-electron chi connectivity index (χ1n) is 7.19. The van der Waals surface area contributed by atoms with Crippen molar-refractivity contribution in [3.63, 3.8) is 0 Å². The van der Waals surface area contributed by atoms with Gasteiger partial charge in [0.25, 0.3) is 0 Å². The van der Waals surface area contributed by atoms with Crippen molar-refractivity contribution in [2.24, 2.45) is 0 Å².